The smallest absolute Gasteiger partial charge is 0.251 e. The zero-order valence-electron chi connectivity index (χ0n) is 17.7. The van der Waals surface area contributed by atoms with E-state index in [2.05, 4.69) is 26.1 Å². The first-order valence-corrected chi connectivity index (χ1v) is 11.9. The molecule has 0 saturated heterocycles. The van der Waals surface area contributed by atoms with Crippen LogP contribution in [0, 0.1) is 17.3 Å². The summed E-state index contributed by atoms with van der Waals surface area (Å²) in [6.07, 6.45) is 12.0. The highest BCUT2D eigenvalue weighted by Gasteiger charge is 2.35. The van der Waals surface area contributed by atoms with E-state index in [9.17, 15) is 9.59 Å². The number of fused-ring (bicyclic) bond motifs is 1. The summed E-state index contributed by atoms with van der Waals surface area (Å²) in [5, 5.41) is 3.72. The highest BCUT2D eigenvalue weighted by Crippen LogP contribution is 2.45. The zero-order valence-corrected chi connectivity index (χ0v) is 18.6. The van der Waals surface area contributed by atoms with Crippen molar-refractivity contribution < 1.29 is 9.59 Å². The third-order valence-corrected chi connectivity index (χ3v) is 8.46. The van der Waals surface area contributed by atoms with Crippen LogP contribution >= 0.6 is 11.3 Å². The molecule has 0 unspecified atom stereocenters. The lowest BCUT2D eigenvalue weighted by molar-refractivity contribution is -0.116. The van der Waals surface area contributed by atoms with Crippen LogP contribution in [-0.4, -0.2) is 11.8 Å². The Balaban J connectivity index is 1.69. The minimum atomic E-state index is -0.409. The van der Waals surface area contributed by atoms with Crippen molar-refractivity contribution in [1.29, 1.82) is 0 Å². The fourth-order valence-electron chi connectivity index (χ4n) is 4.89. The van der Waals surface area contributed by atoms with Gasteiger partial charge in [0.2, 0.25) is 5.91 Å². The van der Waals surface area contributed by atoms with Crippen LogP contribution < -0.4 is 11.1 Å². The number of carbonyl (C=O) groups is 2. The summed E-state index contributed by atoms with van der Waals surface area (Å²) in [6, 6.07) is 0. The molecule has 5 heteroatoms. The first kappa shape index (κ1) is 21.4. The van der Waals surface area contributed by atoms with Crippen LogP contribution in [0.5, 0.6) is 0 Å². The van der Waals surface area contributed by atoms with Crippen LogP contribution in [0.4, 0.5) is 5.00 Å². The van der Waals surface area contributed by atoms with E-state index in [1.807, 2.05) is 0 Å². The van der Waals surface area contributed by atoms with Crippen molar-refractivity contribution in [3.8, 4) is 0 Å². The van der Waals surface area contributed by atoms with Crippen molar-refractivity contribution in [2.75, 3.05) is 5.32 Å². The van der Waals surface area contributed by atoms with Crippen molar-refractivity contribution in [3.05, 3.63) is 16.0 Å². The second-order valence-corrected chi connectivity index (χ2v) is 10.6. The molecule has 2 amide bonds. The standard InChI is InChI=1S/C23H36N2O2S/c1-4-23(2,3)16-11-12-17-18(14-16)28-22(20(17)21(24)27)25-19(26)13-10-15-8-6-5-7-9-15/h15-16H,4-14H2,1-3H3,(H2,24,27)(H,25,26)/t16-/m0/s1. The van der Waals surface area contributed by atoms with E-state index in [1.165, 1.54) is 37.0 Å². The van der Waals surface area contributed by atoms with E-state index in [1.54, 1.807) is 11.3 Å². The molecule has 2 aliphatic rings. The van der Waals surface area contributed by atoms with Gasteiger partial charge in [-0.2, -0.15) is 0 Å². The summed E-state index contributed by atoms with van der Waals surface area (Å²) < 4.78 is 0. The maximum Gasteiger partial charge on any atom is 0.251 e. The average Bonchev–Trinajstić information content (AvgIpc) is 3.04. The molecule has 156 valence electrons. The minimum Gasteiger partial charge on any atom is -0.365 e. The molecule has 4 nitrogen and oxygen atoms in total. The molecule has 28 heavy (non-hydrogen) atoms. The van der Waals surface area contributed by atoms with E-state index in [0.29, 0.717) is 28.8 Å². The van der Waals surface area contributed by atoms with Crippen molar-refractivity contribution in [3.63, 3.8) is 0 Å². The number of primary amides is 1. The number of anilines is 1. The number of nitrogens with two attached hydrogens (primary N) is 1. The Bertz CT molecular complexity index is 716. The van der Waals surface area contributed by atoms with E-state index in [4.69, 9.17) is 5.73 Å². The van der Waals surface area contributed by atoms with E-state index in [-0.39, 0.29) is 11.3 Å². The Hall–Kier alpha value is -1.36. The van der Waals surface area contributed by atoms with Gasteiger partial charge in [0, 0.05) is 11.3 Å². The normalized spacial score (nSPS) is 20.6. The highest BCUT2D eigenvalue weighted by atomic mass is 32.1. The molecule has 3 N–H and O–H groups in total. The number of hydrogen-bond donors (Lipinski definition) is 2. The molecule has 1 atom stereocenters. The first-order valence-electron chi connectivity index (χ1n) is 11.1. The molecule has 0 spiro atoms. The Kier molecular flexibility index (Phi) is 6.85. The summed E-state index contributed by atoms with van der Waals surface area (Å²) in [5.74, 6) is 0.910. The first-order chi connectivity index (χ1) is 13.3. The zero-order chi connectivity index (χ0) is 20.3. The highest BCUT2D eigenvalue weighted by molar-refractivity contribution is 7.17. The van der Waals surface area contributed by atoms with Crippen LogP contribution in [0.1, 0.15) is 99.4 Å². The molecular weight excluding hydrogens is 368 g/mol. The topological polar surface area (TPSA) is 72.2 Å². The molecule has 0 radical (unpaired) electrons. The minimum absolute atomic E-state index is 0.0251. The molecule has 0 aromatic carbocycles. The van der Waals surface area contributed by atoms with Gasteiger partial charge in [-0.3, -0.25) is 9.59 Å². The lowest BCUT2D eigenvalue weighted by Gasteiger charge is -2.36. The third kappa shape index (κ3) is 4.79. The fraction of sp³-hybridized carbons (Fsp3) is 0.739. The van der Waals surface area contributed by atoms with Crippen LogP contribution in [0.2, 0.25) is 0 Å². The van der Waals surface area contributed by atoms with Gasteiger partial charge in [-0.15, -0.1) is 11.3 Å². The Morgan fingerprint density at radius 2 is 1.89 bits per heavy atom. The van der Waals surface area contributed by atoms with E-state index in [0.717, 1.165) is 37.7 Å². The predicted molar refractivity (Wildman–Crippen MR) is 117 cm³/mol. The second kappa shape index (κ2) is 8.98. The van der Waals surface area contributed by atoms with E-state index >= 15 is 0 Å². The number of hydrogen-bond acceptors (Lipinski definition) is 3. The SMILES string of the molecule is CCC(C)(C)[C@H]1CCc2c(sc(NC(=O)CCC3CCCCC3)c2C(N)=O)C1. The van der Waals surface area contributed by atoms with Gasteiger partial charge in [0.25, 0.3) is 5.91 Å². The van der Waals surface area contributed by atoms with Gasteiger partial charge in [0.15, 0.2) is 0 Å². The van der Waals surface area contributed by atoms with Gasteiger partial charge < -0.3 is 11.1 Å². The summed E-state index contributed by atoms with van der Waals surface area (Å²) >= 11 is 1.58. The molecule has 2 aliphatic carbocycles. The lowest BCUT2D eigenvalue weighted by Crippen LogP contribution is -2.29. The summed E-state index contributed by atoms with van der Waals surface area (Å²) in [5.41, 5.74) is 7.66. The molecular formula is C23H36N2O2S. The van der Waals surface area contributed by atoms with Gasteiger partial charge in [-0.25, -0.2) is 0 Å². The maximum absolute atomic E-state index is 12.6. The maximum atomic E-state index is 12.6. The predicted octanol–water partition coefficient (Wildman–Crippen LogP) is 5.69. The molecule has 1 saturated carbocycles. The van der Waals surface area contributed by atoms with Crippen LogP contribution in [0.15, 0.2) is 0 Å². The molecule has 1 heterocycles. The molecule has 0 bridgehead atoms. The monoisotopic (exact) mass is 404 g/mol. The Labute approximate surface area is 173 Å². The van der Waals surface area contributed by atoms with Gasteiger partial charge in [0.1, 0.15) is 5.00 Å². The van der Waals surface area contributed by atoms with Gasteiger partial charge >= 0.3 is 0 Å². The fourth-order valence-corrected chi connectivity index (χ4v) is 6.24. The number of amides is 2. The molecule has 1 aromatic rings. The molecule has 1 aromatic heterocycles. The Morgan fingerprint density at radius 1 is 1.18 bits per heavy atom. The average molecular weight is 405 g/mol. The van der Waals surface area contributed by atoms with Gasteiger partial charge in [-0.1, -0.05) is 59.3 Å². The third-order valence-electron chi connectivity index (χ3n) is 7.29. The largest absolute Gasteiger partial charge is 0.365 e. The molecule has 0 aliphatic heterocycles. The number of thiophene rings is 1. The molecule has 3 rings (SSSR count). The van der Waals surface area contributed by atoms with Crippen molar-refractivity contribution in [2.45, 2.75) is 91.4 Å². The lowest BCUT2D eigenvalue weighted by atomic mass is 9.69. The number of carbonyl (C=O) groups excluding carboxylic acids is 2. The van der Waals surface area contributed by atoms with Crippen LogP contribution in [0.25, 0.3) is 0 Å². The van der Waals surface area contributed by atoms with Crippen LogP contribution in [-0.2, 0) is 17.6 Å². The molecule has 1 fully saturated rings. The van der Waals surface area contributed by atoms with Crippen molar-refractivity contribution >= 4 is 28.2 Å². The second-order valence-electron chi connectivity index (χ2n) is 9.44. The van der Waals surface area contributed by atoms with Crippen molar-refractivity contribution in [1.82, 2.24) is 0 Å². The summed E-state index contributed by atoms with van der Waals surface area (Å²) in [4.78, 5) is 26.0. The quantitative estimate of drug-likeness (QED) is 0.613. The summed E-state index contributed by atoms with van der Waals surface area (Å²) in [7, 11) is 0. The number of rotatable bonds is 7. The van der Waals surface area contributed by atoms with Gasteiger partial charge in [-0.05, 0) is 48.5 Å². The van der Waals surface area contributed by atoms with Gasteiger partial charge in [0.05, 0.1) is 5.56 Å². The van der Waals surface area contributed by atoms with Crippen molar-refractivity contribution in [2.24, 2.45) is 23.0 Å². The summed E-state index contributed by atoms with van der Waals surface area (Å²) in [6.45, 7) is 6.91. The Morgan fingerprint density at radius 3 is 2.54 bits per heavy atom. The van der Waals surface area contributed by atoms with Crippen LogP contribution in [0.3, 0.4) is 0 Å². The van der Waals surface area contributed by atoms with E-state index < -0.39 is 5.91 Å². The number of nitrogens with one attached hydrogen (secondary N) is 1.